The average molecular weight is 272 g/mol. The molecule has 0 amide bonds. The minimum Gasteiger partial charge on any atom is -0.326 e. The monoisotopic (exact) mass is 271 g/mol. The summed E-state index contributed by atoms with van der Waals surface area (Å²) in [6.07, 6.45) is 2.82. The van der Waals surface area contributed by atoms with Crippen molar-refractivity contribution < 1.29 is 4.39 Å². The van der Waals surface area contributed by atoms with Crippen LogP contribution in [0.25, 0.3) is 0 Å². The fourth-order valence-electron chi connectivity index (χ4n) is 1.98. The van der Waals surface area contributed by atoms with Crippen molar-refractivity contribution in [3.05, 3.63) is 34.1 Å². The van der Waals surface area contributed by atoms with Gasteiger partial charge in [0, 0.05) is 5.54 Å². The molecule has 0 aliphatic carbocycles. The number of benzene rings is 1. The maximum atomic E-state index is 13.8. The third-order valence-electron chi connectivity index (χ3n) is 3.02. The summed E-state index contributed by atoms with van der Waals surface area (Å²) in [6, 6.07) is 3.65. The minimum absolute atomic E-state index is 0.147. The third-order valence-corrected chi connectivity index (χ3v) is 3.30. The molecule has 0 aromatic heterocycles. The molecule has 0 atom stereocenters. The van der Waals surface area contributed by atoms with Gasteiger partial charge >= 0.3 is 0 Å². The van der Waals surface area contributed by atoms with Crippen LogP contribution in [0.5, 0.6) is 0 Å². The molecule has 3 heteroatoms. The Balaban J connectivity index is 2.78. The lowest BCUT2D eigenvalue weighted by molar-refractivity contribution is 0.459. The van der Waals surface area contributed by atoms with E-state index in [4.69, 9.17) is 17.3 Å². The van der Waals surface area contributed by atoms with Gasteiger partial charge in [-0.05, 0) is 56.2 Å². The Morgan fingerprint density at radius 3 is 2.44 bits per heavy atom. The Morgan fingerprint density at radius 1 is 1.33 bits per heavy atom. The molecule has 0 aliphatic heterocycles. The Kier molecular flexibility index (Phi) is 5.18. The maximum absolute atomic E-state index is 13.8. The van der Waals surface area contributed by atoms with Crippen molar-refractivity contribution in [1.82, 2.24) is 0 Å². The van der Waals surface area contributed by atoms with Gasteiger partial charge in [-0.1, -0.05) is 31.5 Å². The van der Waals surface area contributed by atoms with Gasteiger partial charge in [-0.15, -0.1) is 0 Å². The predicted octanol–water partition coefficient (Wildman–Crippen LogP) is 4.66. The van der Waals surface area contributed by atoms with E-state index in [1.807, 2.05) is 33.8 Å². The number of rotatable bonds is 5. The fraction of sp³-hybridized carbons (Fsp3) is 0.600. The van der Waals surface area contributed by atoms with E-state index < -0.39 is 0 Å². The zero-order valence-corrected chi connectivity index (χ0v) is 12.4. The SMILES string of the molecule is CC(C)c1cc(CCCC(C)(C)N)cc(Cl)c1F. The number of halogens is 2. The molecule has 0 saturated carbocycles. The number of aryl methyl sites for hydroxylation is 1. The van der Waals surface area contributed by atoms with E-state index in [9.17, 15) is 4.39 Å². The van der Waals surface area contributed by atoms with Gasteiger partial charge in [0.15, 0.2) is 0 Å². The summed E-state index contributed by atoms with van der Waals surface area (Å²) in [6.45, 7) is 7.98. The number of nitrogens with two attached hydrogens (primary N) is 1. The van der Waals surface area contributed by atoms with E-state index in [0.29, 0.717) is 5.56 Å². The Bertz CT molecular complexity index is 408. The van der Waals surface area contributed by atoms with Crippen LogP contribution in [-0.4, -0.2) is 5.54 Å². The highest BCUT2D eigenvalue weighted by Crippen LogP contribution is 2.27. The molecule has 0 spiro atoms. The van der Waals surface area contributed by atoms with Gasteiger partial charge in [0.25, 0.3) is 0 Å². The first-order valence-electron chi connectivity index (χ1n) is 6.47. The molecule has 1 aromatic carbocycles. The molecule has 0 aliphatic rings. The second-order valence-electron chi connectivity index (χ2n) is 5.98. The Labute approximate surface area is 115 Å². The molecular weight excluding hydrogens is 249 g/mol. The van der Waals surface area contributed by atoms with Gasteiger partial charge in [-0.3, -0.25) is 0 Å². The lowest BCUT2D eigenvalue weighted by Crippen LogP contribution is -2.31. The lowest BCUT2D eigenvalue weighted by Gasteiger charge is -2.18. The Morgan fingerprint density at radius 2 is 1.94 bits per heavy atom. The predicted molar refractivity (Wildman–Crippen MR) is 76.7 cm³/mol. The van der Waals surface area contributed by atoms with Crippen molar-refractivity contribution in [2.75, 3.05) is 0 Å². The summed E-state index contributed by atoms with van der Waals surface area (Å²) in [5.74, 6) is -0.136. The van der Waals surface area contributed by atoms with Crippen LogP contribution < -0.4 is 5.73 Å². The van der Waals surface area contributed by atoms with E-state index >= 15 is 0 Å². The normalized spacial score (nSPS) is 12.2. The molecule has 2 N–H and O–H groups in total. The van der Waals surface area contributed by atoms with Crippen LogP contribution in [0.4, 0.5) is 4.39 Å². The maximum Gasteiger partial charge on any atom is 0.145 e. The molecule has 0 saturated heterocycles. The first-order chi connectivity index (χ1) is 8.20. The third kappa shape index (κ3) is 4.58. The number of hydrogen-bond acceptors (Lipinski definition) is 1. The van der Waals surface area contributed by atoms with Crippen molar-refractivity contribution >= 4 is 11.6 Å². The van der Waals surface area contributed by atoms with E-state index in [-0.39, 0.29) is 22.3 Å². The summed E-state index contributed by atoms with van der Waals surface area (Å²) < 4.78 is 13.8. The second kappa shape index (κ2) is 6.03. The van der Waals surface area contributed by atoms with Crippen LogP contribution in [0.3, 0.4) is 0 Å². The van der Waals surface area contributed by atoms with Crippen molar-refractivity contribution in [1.29, 1.82) is 0 Å². The molecule has 0 unspecified atom stereocenters. The summed E-state index contributed by atoms with van der Waals surface area (Å²) >= 11 is 5.93. The molecule has 18 heavy (non-hydrogen) atoms. The molecular formula is C15H23ClFN. The van der Waals surface area contributed by atoms with Gasteiger partial charge in [0.05, 0.1) is 5.02 Å². The molecule has 1 aromatic rings. The van der Waals surface area contributed by atoms with Gasteiger partial charge in [-0.25, -0.2) is 4.39 Å². The Hall–Kier alpha value is -0.600. The quantitative estimate of drug-likeness (QED) is 0.828. The summed E-state index contributed by atoms with van der Waals surface area (Å²) in [4.78, 5) is 0. The standard InChI is InChI=1S/C15H23ClFN/c1-10(2)12-8-11(9-13(16)14(12)17)6-5-7-15(3,4)18/h8-10H,5-7,18H2,1-4H3. The molecule has 0 heterocycles. The zero-order valence-electron chi connectivity index (χ0n) is 11.7. The molecule has 0 radical (unpaired) electrons. The van der Waals surface area contributed by atoms with Gasteiger partial charge in [-0.2, -0.15) is 0 Å². The van der Waals surface area contributed by atoms with Crippen LogP contribution in [-0.2, 0) is 6.42 Å². The van der Waals surface area contributed by atoms with Gasteiger partial charge in [0.2, 0.25) is 0 Å². The summed E-state index contributed by atoms with van der Waals surface area (Å²) in [5, 5.41) is 0.225. The summed E-state index contributed by atoms with van der Waals surface area (Å²) in [7, 11) is 0. The zero-order chi connectivity index (χ0) is 13.9. The fourth-order valence-corrected chi connectivity index (χ4v) is 2.23. The average Bonchev–Trinajstić information content (AvgIpc) is 2.20. The van der Waals surface area contributed by atoms with Crippen LogP contribution >= 0.6 is 11.6 Å². The molecule has 102 valence electrons. The first kappa shape index (κ1) is 15.5. The van der Waals surface area contributed by atoms with Crippen LogP contribution in [0.15, 0.2) is 12.1 Å². The molecule has 0 fully saturated rings. The molecule has 1 rings (SSSR count). The summed E-state index contributed by atoms with van der Waals surface area (Å²) in [5.41, 5.74) is 7.59. The van der Waals surface area contributed by atoms with Crippen LogP contribution in [0.2, 0.25) is 5.02 Å². The first-order valence-corrected chi connectivity index (χ1v) is 6.85. The highest BCUT2D eigenvalue weighted by Gasteiger charge is 2.14. The van der Waals surface area contributed by atoms with Gasteiger partial charge in [0.1, 0.15) is 5.82 Å². The van der Waals surface area contributed by atoms with Crippen molar-refractivity contribution in [3.8, 4) is 0 Å². The highest BCUT2D eigenvalue weighted by molar-refractivity contribution is 6.30. The van der Waals surface area contributed by atoms with E-state index in [1.165, 1.54) is 0 Å². The van der Waals surface area contributed by atoms with E-state index in [1.54, 1.807) is 6.07 Å². The molecule has 1 nitrogen and oxygen atoms in total. The number of hydrogen-bond donors (Lipinski definition) is 1. The second-order valence-corrected chi connectivity index (χ2v) is 6.38. The smallest absolute Gasteiger partial charge is 0.145 e. The van der Waals surface area contributed by atoms with Crippen molar-refractivity contribution in [2.45, 2.75) is 58.4 Å². The van der Waals surface area contributed by atoms with Crippen molar-refractivity contribution in [3.63, 3.8) is 0 Å². The highest BCUT2D eigenvalue weighted by atomic mass is 35.5. The molecule has 0 bridgehead atoms. The van der Waals surface area contributed by atoms with E-state index in [0.717, 1.165) is 24.8 Å². The van der Waals surface area contributed by atoms with Gasteiger partial charge < -0.3 is 5.73 Å². The minimum atomic E-state index is -0.283. The lowest BCUT2D eigenvalue weighted by atomic mass is 9.94. The van der Waals surface area contributed by atoms with E-state index in [2.05, 4.69) is 0 Å². The topological polar surface area (TPSA) is 26.0 Å². The van der Waals surface area contributed by atoms with Crippen LogP contribution in [0, 0.1) is 5.82 Å². The largest absolute Gasteiger partial charge is 0.326 e. The van der Waals surface area contributed by atoms with Crippen molar-refractivity contribution in [2.24, 2.45) is 5.73 Å². The van der Waals surface area contributed by atoms with Crippen LogP contribution in [0.1, 0.15) is 57.6 Å².